The van der Waals surface area contributed by atoms with Gasteiger partial charge < -0.3 is 15.0 Å². The molecule has 8 heteroatoms. The minimum absolute atomic E-state index is 0.0268. The molecular weight excluding hydrogens is 492 g/mol. The lowest BCUT2D eigenvalue weighted by molar-refractivity contribution is 0.0604. The van der Waals surface area contributed by atoms with E-state index in [0.29, 0.717) is 22.5 Å². The van der Waals surface area contributed by atoms with Gasteiger partial charge in [0.05, 0.1) is 24.0 Å². The fourth-order valence-corrected chi connectivity index (χ4v) is 6.49. The molecule has 1 amide bonds. The number of methoxy groups -OCH3 is 1. The topological polar surface area (TPSA) is 67.3 Å². The summed E-state index contributed by atoms with van der Waals surface area (Å²) in [7, 11) is 3.67. The van der Waals surface area contributed by atoms with Crippen molar-refractivity contribution in [3.63, 3.8) is 0 Å². The van der Waals surface area contributed by atoms with Crippen LogP contribution in [0.2, 0.25) is 5.02 Å². The minimum Gasteiger partial charge on any atom is -0.496 e. The first-order valence-corrected chi connectivity index (χ1v) is 13.4. The monoisotopic (exact) mass is 520 g/mol. The van der Waals surface area contributed by atoms with Gasteiger partial charge in [-0.05, 0) is 57.0 Å². The fourth-order valence-electron chi connectivity index (χ4n) is 5.02. The van der Waals surface area contributed by atoms with Crippen molar-refractivity contribution in [2.45, 2.75) is 44.3 Å². The Morgan fingerprint density at radius 1 is 1.17 bits per heavy atom. The Morgan fingerprint density at radius 3 is 2.67 bits per heavy atom. The Labute approximate surface area is 220 Å². The molecule has 4 aromatic rings. The van der Waals surface area contributed by atoms with Crippen LogP contribution in [0.5, 0.6) is 5.75 Å². The third kappa shape index (κ3) is 4.96. The number of halogens is 1. The van der Waals surface area contributed by atoms with E-state index in [-0.39, 0.29) is 11.9 Å². The third-order valence-electron chi connectivity index (χ3n) is 7.02. The maximum atomic E-state index is 14.1. The Kier molecular flexibility index (Phi) is 7.51. The Hall–Kier alpha value is -3.00. The van der Waals surface area contributed by atoms with E-state index in [1.807, 2.05) is 48.3 Å². The van der Waals surface area contributed by atoms with Crippen molar-refractivity contribution < 1.29 is 9.53 Å². The molecule has 1 N–H and O–H groups in total. The number of benzene rings is 2. The fraction of sp³-hybridized carbons (Fsp3) is 0.321. The number of ether oxygens (including phenoxy) is 1. The number of aromatic nitrogens is 2. The number of rotatable bonds is 7. The van der Waals surface area contributed by atoms with Gasteiger partial charge in [-0.25, -0.2) is 0 Å². The highest BCUT2D eigenvalue weighted by atomic mass is 35.5. The van der Waals surface area contributed by atoms with Crippen LogP contribution in [0.4, 0.5) is 0 Å². The second-order valence-electron chi connectivity index (χ2n) is 9.09. The van der Waals surface area contributed by atoms with Gasteiger partial charge in [-0.15, -0.1) is 11.3 Å². The molecule has 6 nitrogen and oxygen atoms in total. The molecule has 0 bridgehead atoms. The molecule has 1 saturated carbocycles. The first kappa shape index (κ1) is 24.7. The largest absolute Gasteiger partial charge is 0.496 e. The molecule has 0 unspecified atom stereocenters. The SMILES string of the molecule is CN[C@H]1CC[C@@H](N(Cc2cc(-c3cnccn3)ccc2OC)C(=O)c2sc3ccccc3c2Cl)CC1. The smallest absolute Gasteiger partial charge is 0.266 e. The Bertz CT molecular complexity index is 1350. The molecule has 186 valence electrons. The molecule has 0 saturated heterocycles. The second kappa shape index (κ2) is 10.9. The lowest BCUT2D eigenvalue weighted by atomic mass is 9.89. The van der Waals surface area contributed by atoms with E-state index in [1.54, 1.807) is 25.7 Å². The van der Waals surface area contributed by atoms with E-state index in [2.05, 4.69) is 21.4 Å². The number of nitrogens with zero attached hydrogens (tertiary/aromatic N) is 3. The molecule has 2 heterocycles. The van der Waals surface area contributed by atoms with E-state index in [9.17, 15) is 4.79 Å². The molecule has 1 aliphatic carbocycles. The molecule has 0 spiro atoms. The predicted octanol–water partition coefficient (Wildman–Crippen LogP) is 6.19. The van der Waals surface area contributed by atoms with Crippen molar-refractivity contribution in [1.82, 2.24) is 20.2 Å². The summed E-state index contributed by atoms with van der Waals surface area (Å²) in [6.45, 7) is 0.426. The molecule has 2 aromatic heterocycles. The average Bonchev–Trinajstić information content (AvgIpc) is 3.28. The minimum atomic E-state index is -0.0268. The van der Waals surface area contributed by atoms with Crippen LogP contribution < -0.4 is 10.1 Å². The van der Waals surface area contributed by atoms with E-state index in [0.717, 1.165) is 58.3 Å². The van der Waals surface area contributed by atoms with Gasteiger partial charge in [-0.2, -0.15) is 0 Å². The zero-order valence-corrected chi connectivity index (χ0v) is 22.0. The first-order chi connectivity index (χ1) is 17.6. The molecular formula is C28H29ClN4O2S. The zero-order chi connectivity index (χ0) is 25.1. The standard InChI is InChI=1S/C28H29ClN4O2S/c1-30-20-8-10-21(11-9-20)33(28(34)27-26(29)22-5-3-4-6-25(22)36-27)17-19-15-18(7-12-24(19)35-2)23-16-31-13-14-32-23/h3-7,12-16,20-21,30H,8-11,17H2,1-2H3/t20-,21+. The van der Waals surface area contributed by atoms with Gasteiger partial charge in [-0.3, -0.25) is 14.8 Å². The molecule has 0 aliphatic heterocycles. The maximum absolute atomic E-state index is 14.1. The number of amides is 1. The zero-order valence-electron chi connectivity index (χ0n) is 20.4. The normalized spacial score (nSPS) is 17.8. The van der Waals surface area contributed by atoms with Gasteiger partial charge in [0, 0.05) is 52.2 Å². The molecule has 1 aliphatic rings. The predicted molar refractivity (Wildman–Crippen MR) is 146 cm³/mol. The molecule has 1 fully saturated rings. The number of hydrogen-bond acceptors (Lipinski definition) is 6. The number of carbonyl (C=O) groups is 1. The van der Waals surface area contributed by atoms with E-state index < -0.39 is 0 Å². The highest BCUT2D eigenvalue weighted by Crippen LogP contribution is 2.38. The summed E-state index contributed by atoms with van der Waals surface area (Å²) in [6.07, 6.45) is 9.01. The quantitative estimate of drug-likeness (QED) is 0.314. The summed E-state index contributed by atoms with van der Waals surface area (Å²) < 4.78 is 6.73. The van der Waals surface area contributed by atoms with Gasteiger partial charge >= 0.3 is 0 Å². The van der Waals surface area contributed by atoms with Gasteiger partial charge in [0.1, 0.15) is 10.6 Å². The lowest BCUT2D eigenvalue weighted by Gasteiger charge is -2.37. The summed E-state index contributed by atoms with van der Waals surface area (Å²) in [5.41, 5.74) is 2.65. The van der Waals surface area contributed by atoms with Crippen LogP contribution >= 0.6 is 22.9 Å². The van der Waals surface area contributed by atoms with Crippen molar-refractivity contribution in [3.05, 3.63) is 76.5 Å². The van der Waals surface area contributed by atoms with E-state index in [4.69, 9.17) is 16.3 Å². The molecule has 0 radical (unpaired) electrons. The molecule has 36 heavy (non-hydrogen) atoms. The van der Waals surface area contributed by atoms with Crippen molar-refractivity contribution in [3.8, 4) is 17.0 Å². The van der Waals surface area contributed by atoms with Crippen molar-refractivity contribution in [2.24, 2.45) is 0 Å². The van der Waals surface area contributed by atoms with Crippen LogP contribution in [0.3, 0.4) is 0 Å². The number of thiophene rings is 1. The molecule has 0 atom stereocenters. The Balaban J connectivity index is 1.53. The van der Waals surface area contributed by atoms with Crippen molar-refractivity contribution >= 4 is 38.9 Å². The van der Waals surface area contributed by atoms with E-state index >= 15 is 0 Å². The van der Waals surface area contributed by atoms with Crippen LogP contribution in [-0.4, -0.2) is 47.0 Å². The van der Waals surface area contributed by atoms with Gasteiger partial charge in [0.15, 0.2) is 0 Å². The first-order valence-electron chi connectivity index (χ1n) is 12.2. The van der Waals surface area contributed by atoms with Gasteiger partial charge in [-0.1, -0.05) is 29.8 Å². The summed E-state index contributed by atoms with van der Waals surface area (Å²) in [4.78, 5) is 25.4. The molecule has 5 rings (SSSR count). The Morgan fingerprint density at radius 2 is 1.97 bits per heavy atom. The van der Waals surface area contributed by atoms with Crippen LogP contribution in [0.25, 0.3) is 21.3 Å². The average molecular weight is 521 g/mol. The highest BCUT2D eigenvalue weighted by Gasteiger charge is 2.32. The van der Waals surface area contributed by atoms with Crippen molar-refractivity contribution in [2.75, 3.05) is 14.2 Å². The van der Waals surface area contributed by atoms with Crippen LogP contribution in [0.1, 0.15) is 40.9 Å². The van der Waals surface area contributed by atoms with E-state index in [1.165, 1.54) is 11.3 Å². The number of carbonyl (C=O) groups excluding carboxylic acids is 1. The highest BCUT2D eigenvalue weighted by molar-refractivity contribution is 7.21. The van der Waals surface area contributed by atoms with Crippen LogP contribution in [0.15, 0.2) is 61.1 Å². The van der Waals surface area contributed by atoms with Crippen LogP contribution in [0, 0.1) is 0 Å². The third-order valence-corrected chi connectivity index (χ3v) is 8.68. The second-order valence-corrected chi connectivity index (χ2v) is 10.5. The number of fused-ring (bicyclic) bond motifs is 1. The number of hydrogen-bond donors (Lipinski definition) is 1. The van der Waals surface area contributed by atoms with Gasteiger partial charge in [0.2, 0.25) is 0 Å². The summed E-state index contributed by atoms with van der Waals surface area (Å²) >= 11 is 8.23. The summed E-state index contributed by atoms with van der Waals surface area (Å²) in [6, 6.07) is 14.5. The van der Waals surface area contributed by atoms with Crippen LogP contribution in [-0.2, 0) is 6.54 Å². The number of nitrogens with one attached hydrogen (secondary N) is 1. The lowest BCUT2D eigenvalue weighted by Crippen LogP contribution is -2.44. The summed E-state index contributed by atoms with van der Waals surface area (Å²) in [5, 5.41) is 4.85. The molecule has 2 aromatic carbocycles. The van der Waals surface area contributed by atoms with Gasteiger partial charge in [0.25, 0.3) is 5.91 Å². The van der Waals surface area contributed by atoms with Crippen molar-refractivity contribution in [1.29, 1.82) is 0 Å². The maximum Gasteiger partial charge on any atom is 0.266 e. The summed E-state index contributed by atoms with van der Waals surface area (Å²) in [5.74, 6) is 0.716.